The van der Waals surface area contributed by atoms with Gasteiger partial charge in [-0.1, -0.05) is 109 Å². The lowest BCUT2D eigenvalue weighted by molar-refractivity contribution is 1.09. The van der Waals surface area contributed by atoms with Gasteiger partial charge in [-0.3, -0.25) is 4.57 Å². The fourth-order valence-electron chi connectivity index (χ4n) is 7.37. The van der Waals surface area contributed by atoms with Crippen molar-refractivity contribution in [1.82, 2.24) is 19.1 Å². The Morgan fingerprint density at radius 2 is 0.870 bits per heavy atom. The number of aromatic nitrogens is 4. The number of para-hydroxylation sites is 3. The second-order valence-corrected chi connectivity index (χ2v) is 11.8. The molecule has 0 spiro atoms. The maximum Gasteiger partial charge on any atom is 0.138 e. The highest BCUT2D eigenvalue weighted by atomic mass is 15.1. The molecule has 0 aliphatic heterocycles. The van der Waals surface area contributed by atoms with E-state index in [0.29, 0.717) is 0 Å². The van der Waals surface area contributed by atoms with Crippen molar-refractivity contribution in [3.05, 3.63) is 158 Å². The summed E-state index contributed by atoms with van der Waals surface area (Å²) in [6.45, 7) is 0. The average Bonchev–Trinajstić information content (AvgIpc) is 3.66. The minimum absolute atomic E-state index is 0.865. The summed E-state index contributed by atoms with van der Waals surface area (Å²) >= 11 is 0. The van der Waals surface area contributed by atoms with Crippen LogP contribution in [-0.2, 0) is 0 Å². The SMILES string of the molecule is c1ccc(-c2ccc3nc(-n4c5ccccc5c5c6ccccc6c6c7ccccc7n(-c7ccccc7)c6c54)ccc3n2)cc1. The van der Waals surface area contributed by atoms with E-state index in [-0.39, 0.29) is 0 Å². The van der Waals surface area contributed by atoms with E-state index in [1.807, 2.05) is 18.2 Å². The van der Waals surface area contributed by atoms with E-state index in [4.69, 9.17) is 9.97 Å². The van der Waals surface area contributed by atoms with Gasteiger partial charge in [0.25, 0.3) is 0 Å². The van der Waals surface area contributed by atoms with Gasteiger partial charge in [-0.15, -0.1) is 0 Å². The van der Waals surface area contributed by atoms with Crippen LogP contribution in [0.2, 0.25) is 0 Å². The largest absolute Gasteiger partial charge is 0.307 e. The number of hydrogen-bond acceptors (Lipinski definition) is 2. The van der Waals surface area contributed by atoms with Gasteiger partial charge in [-0.05, 0) is 59.3 Å². The molecule has 0 saturated carbocycles. The van der Waals surface area contributed by atoms with Crippen molar-refractivity contribution >= 4 is 65.4 Å². The highest BCUT2D eigenvalue weighted by Gasteiger charge is 2.24. The third-order valence-corrected chi connectivity index (χ3v) is 9.28. The maximum absolute atomic E-state index is 5.29. The molecule has 4 heteroatoms. The van der Waals surface area contributed by atoms with Crippen LogP contribution in [0.3, 0.4) is 0 Å². The summed E-state index contributed by atoms with van der Waals surface area (Å²) in [4.78, 5) is 10.3. The van der Waals surface area contributed by atoms with Crippen molar-refractivity contribution in [2.45, 2.75) is 0 Å². The second kappa shape index (κ2) is 9.62. The molecule has 0 radical (unpaired) electrons. The summed E-state index contributed by atoms with van der Waals surface area (Å²) < 4.78 is 4.80. The number of benzene rings is 6. The molecular weight excluding hydrogens is 560 g/mol. The quantitative estimate of drug-likeness (QED) is 0.206. The molecule has 10 rings (SSSR count). The van der Waals surface area contributed by atoms with Crippen molar-refractivity contribution in [3.8, 4) is 22.8 Å². The minimum Gasteiger partial charge on any atom is -0.307 e. The maximum atomic E-state index is 5.29. The summed E-state index contributed by atoms with van der Waals surface area (Å²) in [5, 5.41) is 7.42. The van der Waals surface area contributed by atoms with E-state index in [2.05, 4.69) is 149 Å². The lowest BCUT2D eigenvalue weighted by Gasteiger charge is -2.14. The van der Waals surface area contributed by atoms with Crippen LogP contribution in [0.25, 0.3) is 88.2 Å². The zero-order valence-corrected chi connectivity index (χ0v) is 24.8. The Hall–Kier alpha value is -6.26. The molecule has 10 aromatic rings. The number of hydrogen-bond donors (Lipinski definition) is 0. The first-order chi connectivity index (χ1) is 22.8. The van der Waals surface area contributed by atoms with Crippen LogP contribution in [0.5, 0.6) is 0 Å². The van der Waals surface area contributed by atoms with Gasteiger partial charge in [-0.2, -0.15) is 0 Å². The van der Waals surface area contributed by atoms with E-state index in [9.17, 15) is 0 Å². The normalized spacial score (nSPS) is 11.9. The minimum atomic E-state index is 0.865. The summed E-state index contributed by atoms with van der Waals surface area (Å²) in [5.41, 5.74) is 9.55. The molecule has 0 bridgehead atoms. The number of fused-ring (bicyclic) bond motifs is 11. The van der Waals surface area contributed by atoms with Crippen LogP contribution in [0, 0.1) is 0 Å². The van der Waals surface area contributed by atoms with Gasteiger partial charge in [-0.25, -0.2) is 9.97 Å². The molecule has 4 nitrogen and oxygen atoms in total. The fourth-order valence-corrected chi connectivity index (χ4v) is 7.37. The van der Waals surface area contributed by atoms with Crippen LogP contribution in [0.4, 0.5) is 0 Å². The van der Waals surface area contributed by atoms with Gasteiger partial charge >= 0.3 is 0 Å². The molecule has 0 aliphatic carbocycles. The van der Waals surface area contributed by atoms with E-state index in [1.165, 1.54) is 43.4 Å². The molecule has 4 heterocycles. The molecular formula is C42H26N4. The molecule has 46 heavy (non-hydrogen) atoms. The third-order valence-electron chi connectivity index (χ3n) is 9.28. The van der Waals surface area contributed by atoms with Gasteiger partial charge in [0.2, 0.25) is 0 Å². The molecule has 0 fully saturated rings. The molecule has 0 aliphatic rings. The predicted octanol–water partition coefficient (Wildman–Crippen LogP) is 10.6. The zero-order chi connectivity index (χ0) is 30.2. The van der Waals surface area contributed by atoms with Crippen molar-refractivity contribution in [1.29, 1.82) is 0 Å². The first kappa shape index (κ1) is 25.1. The highest BCUT2D eigenvalue weighted by molar-refractivity contribution is 6.36. The summed E-state index contributed by atoms with van der Waals surface area (Å²) in [6.07, 6.45) is 0. The monoisotopic (exact) mass is 586 g/mol. The van der Waals surface area contributed by atoms with Gasteiger partial charge in [0.05, 0.1) is 38.8 Å². The second-order valence-electron chi connectivity index (χ2n) is 11.8. The zero-order valence-electron chi connectivity index (χ0n) is 24.8. The average molecular weight is 587 g/mol. The molecule has 0 N–H and O–H groups in total. The number of nitrogens with zero attached hydrogens (tertiary/aromatic N) is 4. The van der Waals surface area contributed by atoms with Crippen LogP contribution >= 0.6 is 0 Å². The first-order valence-corrected chi connectivity index (χ1v) is 15.6. The molecule has 214 valence electrons. The summed E-state index contributed by atoms with van der Waals surface area (Å²) in [5.74, 6) is 0.870. The van der Waals surface area contributed by atoms with E-state index >= 15 is 0 Å². The van der Waals surface area contributed by atoms with Crippen LogP contribution in [0.15, 0.2) is 158 Å². The Balaban J connectivity index is 1.39. The Labute approximate surface area is 264 Å². The molecule has 0 saturated heterocycles. The van der Waals surface area contributed by atoms with Crippen LogP contribution < -0.4 is 0 Å². The summed E-state index contributed by atoms with van der Waals surface area (Å²) in [6, 6.07) is 55.8. The van der Waals surface area contributed by atoms with Gasteiger partial charge in [0.15, 0.2) is 0 Å². The molecule has 4 aromatic heterocycles. The van der Waals surface area contributed by atoms with Crippen molar-refractivity contribution in [2.75, 3.05) is 0 Å². The van der Waals surface area contributed by atoms with Gasteiger partial charge in [0.1, 0.15) is 5.82 Å². The lowest BCUT2D eigenvalue weighted by Crippen LogP contribution is -2.01. The Morgan fingerprint density at radius 3 is 1.54 bits per heavy atom. The summed E-state index contributed by atoms with van der Waals surface area (Å²) in [7, 11) is 0. The van der Waals surface area contributed by atoms with E-state index < -0.39 is 0 Å². The smallest absolute Gasteiger partial charge is 0.138 e. The van der Waals surface area contributed by atoms with Crippen molar-refractivity contribution in [2.24, 2.45) is 0 Å². The number of rotatable bonds is 3. The molecule has 0 unspecified atom stereocenters. The van der Waals surface area contributed by atoms with Gasteiger partial charge in [0, 0.05) is 32.8 Å². The molecule has 0 amide bonds. The molecule has 6 aromatic carbocycles. The Bertz CT molecular complexity index is 2790. The van der Waals surface area contributed by atoms with Crippen LogP contribution in [-0.4, -0.2) is 19.1 Å². The topological polar surface area (TPSA) is 35.6 Å². The Kier molecular flexibility index (Phi) is 5.25. The van der Waals surface area contributed by atoms with Crippen LogP contribution in [0.1, 0.15) is 0 Å². The third kappa shape index (κ3) is 3.49. The van der Waals surface area contributed by atoms with Crippen molar-refractivity contribution in [3.63, 3.8) is 0 Å². The molecule has 0 atom stereocenters. The van der Waals surface area contributed by atoms with E-state index in [1.54, 1.807) is 0 Å². The number of pyridine rings is 2. The first-order valence-electron chi connectivity index (χ1n) is 15.6. The van der Waals surface area contributed by atoms with Gasteiger partial charge < -0.3 is 4.57 Å². The fraction of sp³-hybridized carbons (Fsp3) is 0. The highest BCUT2D eigenvalue weighted by Crippen LogP contribution is 2.46. The standard InChI is InChI=1S/C42H26N4/c1-3-13-27(14-4-1)33-23-24-35-34(43-33)25-26-38(44-35)46-37-22-12-10-20-32(37)40-30-18-8-7-17-29(30)39-31-19-9-11-21-36(31)45(41(39)42(40)46)28-15-5-2-6-16-28/h1-26H. The lowest BCUT2D eigenvalue weighted by atomic mass is 9.98. The van der Waals surface area contributed by atoms with Crippen molar-refractivity contribution < 1.29 is 0 Å². The van der Waals surface area contributed by atoms with E-state index in [0.717, 1.165) is 44.8 Å². The Morgan fingerprint density at radius 1 is 0.370 bits per heavy atom. The predicted molar refractivity (Wildman–Crippen MR) is 191 cm³/mol.